The molecule has 114 valence electrons. The first-order valence-electron chi connectivity index (χ1n) is 7.17. The number of Topliss-reactive ketones (excluding diaryl/α,β-unsaturated/α-hetero) is 1. The number of pyridine rings is 2. The Bertz CT molecular complexity index is 938. The number of fused-ring (bicyclic) bond motifs is 1. The second-order valence-corrected chi connectivity index (χ2v) is 5.33. The Kier molecular flexibility index (Phi) is 3.85. The summed E-state index contributed by atoms with van der Waals surface area (Å²) in [6.07, 6.45) is 10.1. The van der Waals surface area contributed by atoms with Crippen molar-refractivity contribution in [3.05, 3.63) is 54.1 Å². The molecule has 0 saturated carbocycles. The normalized spacial score (nSPS) is 11.2. The first kappa shape index (κ1) is 14.8. The number of rotatable bonds is 4. The van der Waals surface area contributed by atoms with Crippen LogP contribution in [0.5, 0.6) is 0 Å². The lowest BCUT2D eigenvalue weighted by molar-refractivity contribution is -0.112. The number of aromatic amines is 1. The van der Waals surface area contributed by atoms with Gasteiger partial charge in [-0.15, -0.1) is 0 Å². The van der Waals surface area contributed by atoms with Gasteiger partial charge in [-0.1, -0.05) is 0 Å². The van der Waals surface area contributed by atoms with Crippen molar-refractivity contribution in [2.24, 2.45) is 0 Å². The van der Waals surface area contributed by atoms with Gasteiger partial charge in [0.2, 0.25) is 0 Å². The number of nitrogens with one attached hydrogen (secondary N) is 1. The van der Waals surface area contributed by atoms with Crippen LogP contribution in [0.4, 0.5) is 0 Å². The summed E-state index contributed by atoms with van der Waals surface area (Å²) >= 11 is 0. The van der Waals surface area contributed by atoms with Crippen LogP contribution in [-0.2, 0) is 4.79 Å². The van der Waals surface area contributed by atoms with E-state index in [-0.39, 0.29) is 11.6 Å². The Labute approximate surface area is 133 Å². The van der Waals surface area contributed by atoms with Gasteiger partial charge in [0, 0.05) is 52.4 Å². The van der Waals surface area contributed by atoms with Crippen LogP contribution >= 0.6 is 0 Å². The zero-order valence-electron chi connectivity index (χ0n) is 12.8. The van der Waals surface area contributed by atoms with Gasteiger partial charge in [0.05, 0.1) is 0 Å². The highest BCUT2D eigenvalue weighted by molar-refractivity contribution is 5.97. The molecule has 0 radical (unpaired) electrons. The van der Waals surface area contributed by atoms with Crippen molar-refractivity contribution in [1.82, 2.24) is 15.0 Å². The van der Waals surface area contributed by atoms with Gasteiger partial charge >= 0.3 is 0 Å². The molecule has 5 heteroatoms. The summed E-state index contributed by atoms with van der Waals surface area (Å²) in [5.74, 6) is -0.0399. The molecule has 0 amide bonds. The van der Waals surface area contributed by atoms with Crippen molar-refractivity contribution in [2.45, 2.75) is 13.8 Å². The molecule has 0 aliphatic carbocycles. The topological polar surface area (TPSA) is 75.7 Å². The lowest BCUT2D eigenvalue weighted by atomic mass is 10.0. The summed E-state index contributed by atoms with van der Waals surface area (Å²) in [4.78, 5) is 34.2. The second kappa shape index (κ2) is 5.96. The van der Waals surface area contributed by atoms with Crippen molar-refractivity contribution >= 4 is 28.7 Å². The smallest absolute Gasteiger partial charge is 0.161 e. The highest BCUT2D eigenvalue weighted by atomic mass is 16.1. The Morgan fingerprint density at radius 2 is 1.87 bits per heavy atom. The lowest BCUT2D eigenvalue weighted by Gasteiger charge is -2.03. The minimum absolute atomic E-state index is 0.0122. The van der Waals surface area contributed by atoms with Crippen molar-refractivity contribution in [3.63, 3.8) is 0 Å². The first-order valence-corrected chi connectivity index (χ1v) is 7.17. The van der Waals surface area contributed by atoms with E-state index < -0.39 is 0 Å². The zero-order chi connectivity index (χ0) is 16.4. The maximum Gasteiger partial charge on any atom is 0.161 e. The number of carbonyl (C=O) groups excluding carboxylic acids is 2. The van der Waals surface area contributed by atoms with Gasteiger partial charge in [0.25, 0.3) is 0 Å². The fourth-order valence-electron chi connectivity index (χ4n) is 2.32. The van der Waals surface area contributed by atoms with Crippen molar-refractivity contribution in [1.29, 1.82) is 0 Å². The first-order chi connectivity index (χ1) is 11.0. The van der Waals surface area contributed by atoms with E-state index >= 15 is 0 Å². The molecule has 23 heavy (non-hydrogen) atoms. The SMILES string of the molecule is CC(=O)/C=C/c1c[nH]c2ncc(-c3cncc(C(C)=O)c3)cc12. The summed E-state index contributed by atoms with van der Waals surface area (Å²) in [6, 6.07) is 3.77. The summed E-state index contributed by atoms with van der Waals surface area (Å²) in [7, 11) is 0. The van der Waals surface area contributed by atoms with Gasteiger partial charge in [-0.05, 0) is 38.1 Å². The number of carbonyl (C=O) groups is 2. The van der Waals surface area contributed by atoms with Crippen LogP contribution in [0, 0.1) is 0 Å². The molecule has 5 nitrogen and oxygen atoms in total. The highest BCUT2D eigenvalue weighted by Gasteiger charge is 2.08. The summed E-state index contributed by atoms with van der Waals surface area (Å²) < 4.78 is 0. The molecule has 0 aliphatic rings. The van der Waals surface area contributed by atoms with E-state index in [0.717, 1.165) is 27.7 Å². The third-order valence-corrected chi connectivity index (χ3v) is 3.54. The monoisotopic (exact) mass is 305 g/mol. The Morgan fingerprint density at radius 3 is 2.61 bits per heavy atom. The van der Waals surface area contributed by atoms with Crippen LogP contribution in [0.1, 0.15) is 29.8 Å². The summed E-state index contributed by atoms with van der Waals surface area (Å²) in [5, 5.41) is 0.910. The molecule has 0 unspecified atom stereocenters. The summed E-state index contributed by atoms with van der Waals surface area (Å²) in [6.45, 7) is 3.02. The predicted octanol–water partition coefficient (Wildman–Crippen LogP) is 3.43. The van der Waals surface area contributed by atoms with Gasteiger partial charge in [-0.3, -0.25) is 14.6 Å². The van der Waals surface area contributed by atoms with E-state index in [2.05, 4.69) is 15.0 Å². The van der Waals surface area contributed by atoms with E-state index in [1.54, 1.807) is 30.7 Å². The molecule has 3 aromatic rings. The van der Waals surface area contributed by atoms with E-state index in [1.807, 2.05) is 12.3 Å². The van der Waals surface area contributed by atoms with E-state index in [9.17, 15) is 9.59 Å². The molecule has 0 aliphatic heterocycles. The zero-order valence-corrected chi connectivity index (χ0v) is 12.8. The van der Waals surface area contributed by atoms with Gasteiger partial charge in [-0.2, -0.15) is 0 Å². The number of allylic oxidation sites excluding steroid dienone is 1. The fraction of sp³-hybridized carbons (Fsp3) is 0.111. The molecule has 1 N–H and O–H groups in total. The molecule has 0 aromatic carbocycles. The van der Waals surface area contributed by atoms with Gasteiger partial charge < -0.3 is 4.98 Å². The maximum absolute atomic E-state index is 11.5. The van der Waals surface area contributed by atoms with Crippen LogP contribution in [0.25, 0.3) is 28.2 Å². The molecule has 0 bridgehead atoms. The van der Waals surface area contributed by atoms with Crippen molar-refractivity contribution in [3.8, 4) is 11.1 Å². The third kappa shape index (κ3) is 3.08. The quantitative estimate of drug-likeness (QED) is 0.592. The van der Waals surface area contributed by atoms with Gasteiger partial charge in [-0.25, -0.2) is 4.98 Å². The highest BCUT2D eigenvalue weighted by Crippen LogP contribution is 2.25. The minimum Gasteiger partial charge on any atom is -0.346 e. The molecule has 3 aromatic heterocycles. The largest absolute Gasteiger partial charge is 0.346 e. The van der Waals surface area contributed by atoms with Crippen LogP contribution in [0.3, 0.4) is 0 Å². The van der Waals surface area contributed by atoms with Crippen LogP contribution < -0.4 is 0 Å². The Morgan fingerprint density at radius 1 is 1.09 bits per heavy atom. The molecule has 0 spiro atoms. The molecule has 0 atom stereocenters. The van der Waals surface area contributed by atoms with Crippen LogP contribution in [-0.4, -0.2) is 26.5 Å². The van der Waals surface area contributed by atoms with Crippen LogP contribution in [0.15, 0.2) is 43.0 Å². The number of ketones is 2. The third-order valence-electron chi connectivity index (χ3n) is 3.54. The van der Waals surface area contributed by atoms with E-state index in [1.165, 1.54) is 19.9 Å². The molecule has 3 rings (SSSR count). The van der Waals surface area contributed by atoms with Crippen molar-refractivity contribution < 1.29 is 9.59 Å². The molecular formula is C18H15N3O2. The number of hydrogen-bond donors (Lipinski definition) is 1. The molecular weight excluding hydrogens is 290 g/mol. The molecule has 0 saturated heterocycles. The lowest BCUT2D eigenvalue weighted by Crippen LogP contribution is -1.94. The number of aromatic nitrogens is 3. The Hall–Kier alpha value is -3.08. The Balaban J connectivity index is 2.09. The van der Waals surface area contributed by atoms with E-state index in [0.29, 0.717) is 5.56 Å². The van der Waals surface area contributed by atoms with Crippen molar-refractivity contribution in [2.75, 3.05) is 0 Å². The standard InChI is InChI=1S/C18H15N3O2/c1-11(22)3-4-13-9-20-18-17(13)6-16(10-21-18)15-5-14(12(2)23)7-19-8-15/h3-10H,1-2H3,(H,20,21)/b4-3+. The summed E-state index contributed by atoms with van der Waals surface area (Å²) in [5.41, 5.74) is 3.89. The maximum atomic E-state index is 11.5. The average Bonchev–Trinajstić information content (AvgIpc) is 2.95. The number of nitrogens with zero attached hydrogens (tertiary/aromatic N) is 2. The van der Waals surface area contributed by atoms with Crippen LogP contribution in [0.2, 0.25) is 0 Å². The minimum atomic E-state index is -0.0277. The molecule has 0 fully saturated rings. The van der Waals surface area contributed by atoms with E-state index in [4.69, 9.17) is 0 Å². The molecule has 3 heterocycles. The second-order valence-electron chi connectivity index (χ2n) is 5.33. The predicted molar refractivity (Wildman–Crippen MR) is 89.0 cm³/mol. The van der Waals surface area contributed by atoms with Gasteiger partial charge in [0.15, 0.2) is 11.6 Å². The number of H-pyrrole nitrogens is 1. The number of hydrogen-bond acceptors (Lipinski definition) is 4. The van der Waals surface area contributed by atoms with Gasteiger partial charge in [0.1, 0.15) is 5.65 Å². The average molecular weight is 305 g/mol. The fourth-order valence-corrected chi connectivity index (χ4v) is 2.32.